The molecule has 2 aromatic rings. The highest BCUT2D eigenvalue weighted by molar-refractivity contribution is 6.31. The van der Waals surface area contributed by atoms with Gasteiger partial charge in [-0.3, -0.25) is 9.59 Å². The van der Waals surface area contributed by atoms with Crippen molar-refractivity contribution in [3.05, 3.63) is 70.2 Å². The van der Waals surface area contributed by atoms with E-state index in [4.69, 9.17) is 16.3 Å². The van der Waals surface area contributed by atoms with Gasteiger partial charge >= 0.3 is 0 Å². The van der Waals surface area contributed by atoms with Crippen LogP contribution < -0.4 is 5.32 Å². The summed E-state index contributed by atoms with van der Waals surface area (Å²) in [5, 5.41) is 3.47. The lowest BCUT2D eigenvalue weighted by Gasteiger charge is -2.37. The molecule has 4 rings (SSSR count). The lowest BCUT2D eigenvalue weighted by molar-refractivity contribution is -0.136. The first-order valence-electron chi connectivity index (χ1n) is 10.1. The standard InChI is InChI=1S/C23H25ClN2O3/c24-20-8-4-3-7-19(20)23(10-13-29-14-11-23)22(28)25-15-21(27)26-12-9-17-5-1-2-6-18(17)16-26/h1-8H,9-16H2,(H,25,28). The van der Waals surface area contributed by atoms with E-state index in [1.54, 1.807) is 6.07 Å². The monoisotopic (exact) mass is 412 g/mol. The Labute approximate surface area is 176 Å². The summed E-state index contributed by atoms with van der Waals surface area (Å²) < 4.78 is 5.49. The molecule has 5 nitrogen and oxygen atoms in total. The van der Waals surface area contributed by atoms with Gasteiger partial charge in [0.05, 0.1) is 12.0 Å². The van der Waals surface area contributed by atoms with E-state index in [0.717, 1.165) is 12.0 Å². The van der Waals surface area contributed by atoms with Crippen molar-refractivity contribution < 1.29 is 14.3 Å². The van der Waals surface area contributed by atoms with E-state index in [0.29, 0.717) is 44.2 Å². The van der Waals surface area contributed by atoms with Crippen molar-refractivity contribution in [2.75, 3.05) is 26.3 Å². The van der Waals surface area contributed by atoms with Gasteiger partial charge in [0.15, 0.2) is 0 Å². The maximum absolute atomic E-state index is 13.3. The molecule has 1 saturated heterocycles. The van der Waals surface area contributed by atoms with Crippen molar-refractivity contribution in [3.63, 3.8) is 0 Å². The van der Waals surface area contributed by atoms with Crippen LogP contribution in [0.25, 0.3) is 0 Å². The fraction of sp³-hybridized carbons (Fsp3) is 0.391. The summed E-state index contributed by atoms with van der Waals surface area (Å²) in [6.45, 7) is 2.25. The molecule has 0 radical (unpaired) electrons. The summed E-state index contributed by atoms with van der Waals surface area (Å²) in [6.07, 6.45) is 1.94. The van der Waals surface area contributed by atoms with Crippen molar-refractivity contribution in [2.24, 2.45) is 0 Å². The largest absolute Gasteiger partial charge is 0.381 e. The molecule has 0 aliphatic carbocycles. The van der Waals surface area contributed by atoms with Gasteiger partial charge in [-0.15, -0.1) is 0 Å². The highest BCUT2D eigenvalue weighted by Crippen LogP contribution is 2.38. The molecule has 152 valence electrons. The number of rotatable bonds is 4. The number of ether oxygens (including phenoxy) is 1. The average Bonchev–Trinajstić information content (AvgIpc) is 2.77. The van der Waals surface area contributed by atoms with Gasteiger partial charge in [0.2, 0.25) is 11.8 Å². The van der Waals surface area contributed by atoms with Crippen LogP contribution in [0.5, 0.6) is 0 Å². The van der Waals surface area contributed by atoms with E-state index in [9.17, 15) is 9.59 Å². The summed E-state index contributed by atoms with van der Waals surface area (Å²) in [4.78, 5) is 27.8. The Morgan fingerprint density at radius 2 is 1.72 bits per heavy atom. The number of hydrogen-bond donors (Lipinski definition) is 1. The Balaban J connectivity index is 1.45. The van der Waals surface area contributed by atoms with Crippen LogP contribution in [-0.2, 0) is 32.7 Å². The van der Waals surface area contributed by atoms with Crippen molar-refractivity contribution in [2.45, 2.75) is 31.2 Å². The Hall–Kier alpha value is -2.37. The van der Waals surface area contributed by atoms with Crippen LogP contribution in [0.3, 0.4) is 0 Å². The molecule has 2 aromatic carbocycles. The minimum Gasteiger partial charge on any atom is -0.381 e. The van der Waals surface area contributed by atoms with E-state index >= 15 is 0 Å². The predicted octanol–water partition coefficient (Wildman–Crippen LogP) is 3.09. The molecule has 2 aliphatic rings. The fourth-order valence-corrected chi connectivity index (χ4v) is 4.65. The second-order valence-electron chi connectivity index (χ2n) is 7.69. The van der Waals surface area contributed by atoms with Gasteiger partial charge in [-0.25, -0.2) is 0 Å². The summed E-state index contributed by atoms with van der Waals surface area (Å²) in [7, 11) is 0. The number of amides is 2. The lowest BCUT2D eigenvalue weighted by Crippen LogP contribution is -2.51. The fourth-order valence-electron chi connectivity index (χ4n) is 4.33. The maximum atomic E-state index is 13.3. The van der Waals surface area contributed by atoms with Gasteiger partial charge in [-0.05, 0) is 42.0 Å². The molecule has 1 fully saturated rings. The Kier molecular flexibility index (Phi) is 5.88. The predicted molar refractivity (Wildman–Crippen MR) is 112 cm³/mol. The lowest BCUT2D eigenvalue weighted by atomic mass is 9.73. The number of carbonyl (C=O) groups is 2. The number of carbonyl (C=O) groups excluding carboxylic acids is 2. The van der Waals surface area contributed by atoms with Gasteiger partial charge in [-0.2, -0.15) is 0 Å². The number of nitrogens with one attached hydrogen (secondary N) is 1. The third-order valence-electron chi connectivity index (χ3n) is 6.05. The van der Waals surface area contributed by atoms with E-state index in [-0.39, 0.29) is 18.4 Å². The van der Waals surface area contributed by atoms with Gasteiger partial charge in [0, 0.05) is 31.3 Å². The highest BCUT2D eigenvalue weighted by Gasteiger charge is 2.43. The Morgan fingerprint density at radius 3 is 2.48 bits per heavy atom. The van der Waals surface area contributed by atoms with Gasteiger partial charge < -0.3 is 15.0 Å². The quantitative estimate of drug-likeness (QED) is 0.839. The zero-order valence-corrected chi connectivity index (χ0v) is 17.1. The van der Waals surface area contributed by atoms with E-state index in [1.165, 1.54) is 11.1 Å². The molecule has 0 unspecified atom stereocenters. The van der Waals surface area contributed by atoms with Gasteiger partial charge in [-0.1, -0.05) is 54.1 Å². The van der Waals surface area contributed by atoms with Crippen LogP contribution in [0.2, 0.25) is 5.02 Å². The maximum Gasteiger partial charge on any atom is 0.242 e. The first kappa shape index (κ1) is 19.9. The molecule has 0 bridgehead atoms. The van der Waals surface area contributed by atoms with Crippen LogP contribution in [0.15, 0.2) is 48.5 Å². The second kappa shape index (κ2) is 8.56. The highest BCUT2D eigenvalue weighted by atomic mass is 35.5. The smallest absolute Gasteiger partial charge is 0.242 e. The molecule has 0 spiro atoms. The number of nitrogens with zero attached hydrogens (tertiary/aromatic N) is 1. The Bertz CT molecular complexity index is 909. The first-order chi connectivity index (χ1) is 14.1. The SMILES string of the molecule is O=C(CNC(=O)C1(c2ccccc2Cl)CCOCC1)N1CCc2ccccc2C1. The third-order valence-corrected chi connectivity index (χ3v) is 6.38. The summed E-state index contributed by atoms with van der Waals surface area (Å²) in [5.41, 5.74) is 2.52. The topological polar surface area (TPSA) is 58.6 Å². The summed E-state index contributed by atoms with van der Waals surface area (Å²) in [5.74, 6) is -0.214. The van der Waals surface area contributed by atoms with Crippen molar-refractivity contribution in [1.29, 1.82) is 0 Å². The van der Waals surface area contributed by atoms with Crippen molar-refractivity contribution >= 4 is 23.4 Å². The van der Waals surface area contributed by atoms with E-state index < -0.39 is 5.41 Å². The molecule has 0 aromatic heterocycles. The van der Waals surface area contributed by atoms with Gasteiger partial charge in [0.1, 0.15) is 0 Å². The summed E-state index contributed by atoms with van der Waals surface area (Å²) in [6, 6.07) is 15.6. The molecule has 1 N–H and O–H groups in total. The number of benzene rings is 2. The molecule has 0 saturated carbocycles. The number of fused-ring (bicyclic) bond motifs is 1. The Morgan fingerprint density at radius 1 is 1.03 bits per heavy atom. The van der Waals surface area contributed by atoms with E-state index in [1.807, 2.05) is 35.2 Å². The molecule has 2 aliphatic heterocycles. The van der Waals surface area contributed by atoms with E-state index in [2.05, 4.69) is 17.4 Å². The minimum absolute atomic E-state index is 0.00589. The molecule has 0 atom stereocenters. The van der Waals surface area contributed by atoms with Crippen molar-refractivity contribution in [1.82, 2.24) is 10.2 Å². The second-order valence-corrected chi connectivity index (χ2v) is 8.10. The van der Waals surface area contributed by atoms with Crippen LogP contribution in [0.4, 0.5) is 0 Å². The zero-order chi connectivity index (χ0) is 20.3. The first-order valence-corrected chi connectivity index (χ1v) is 10.4. The van der Waals surface area contributed by atoms with Gasteiger partial charge in [0.25, 0.3) is 0 Å². The molecule has 2 heterocycles. The molecule has 29 heavy (non-hydrogen) atoms. The zero-order valence-electron chi connectivity index (χ0n) is 16.3. The number of halogens is 1. The van der Waals surface area contributed by atoms with Crippen LogP contribution in [0.1, 0.15) is 29.5 Å². The number of hydrogen-bond acceptors (Lipinski definition) is 3. The van der Waals surface area contributed by atoms with Crippen LogP contribution in [-0.4, -0.2) is 43.0 Å². The minimum atomic E-state index is -0.759. The molecular formula is C23H25ClN2O3. The molecular weight excluding hydrogens is 388 g/mol. The summed E-state index contributed by atoms with van der Waals surface area (Å²) >= 11 is 6.43. The average molecular weight is 413 g/mol. The third kappa shape index (κ3) is 4.02. The van der Waals surface area contributed by atoms with Crippen molar-refractivity contribution in [3.8, 4) is 0 Å². The molecule has 2 amide bonds. The van der Waals surface area contributed by atoms with Crippen LogP contribution >= 0.6 is 11.6 Å². The van der Waals surface area contributed by atoms with Crippen LogP contribution in [0, 0.1) is 0 Å². The molecule has 6 heteroatoms. The normalized spacial score (nSPS) is 18.0.